The highest BCUT2D eigenvalue weighted by Gasteiger charge is 2.08. The molecule has 0 atom stereocenters. The summed E-state index contributed by atoms with van der Waals surface area (Å²) in [4.78, 5) is 16.0. The topological polar surface area (TPSA) is 65.4 Å². The molecule has 0 aliphatic heterocycles. The zero-order valence-corrected chi connectivity index (χ0v) is 16.7. The average Bonchev–Trinajstić information content (AvgIpc) is 3.06. The van der Waals surface area contributed by atoms with Gasteiger partial charge in [0.2, 0.25) is 5.91 Å². The Balaban J connectivity index is 1.64. The van der Waals surface area contributed by atoms with Gasteiger partial charge in [-0.05, 0) is 35.9 Å². The Labute approximate surface area is 173 Å². The van der Waals surface area contributed by atoms with Gasteiger partial charge in [-0.25, -0.2) is 4.98 Å². The van der Waals surface area contributed by atoms with Crippen molar-refractivity contribution in [3.8, 4) is 5.75 Å². The first-order chi connectivity index (χ1) is 13.5. The third-order valence-electron chi connectivity index (χ3n) is 3.84. The van der Waals surface area contributed by atoms with E-state index in [9.17, 15) is 4.79 Å². The second-order valence-corrected chi connectivity index (χ2v) is 6.92. The van der Waals surface area contributed by atoms with Crippen molar-refractivity contribution < 1.29 is 14.3 Å². The zero-order chi connectivity index (χ0) is 19.9. The lowest BCUT2D eigenvalue weighted by Gasteiger charge is -2.11. The molecule has 6 nitrogen and oxygen atoms in total. The lowest BCUT2D eigenvalue weighted by atomic mass is 10.2. The van der Waals surface area contributed by atoms with Crippen LogP contribution in [0.4, 0.5) is 5.69 Å². The number of anilines is 1. The van der Waals surface area contributed by atoms with E-state index in [4.69, 9.17) is 32.7 Å². The molecule has 28 heavy (non-hydrogen) atoms. The standard InChI is InChI=1S/C20H19Cl2N3O3/c1-27-13-20(26)24-17-3-2-4-18(10-17)28-12-19-23-5-6-25(19)11-14-7-15(21)9-16(22)8-14/h2-10H,11-13H2,1H3,(H,24,26). The first-order valence-corrected chi connectivity index (χ1v) is 9.25. The number of aromatic nitrogens is 2. The minimum Gasteiger partial charge on any atom is -0.486 e. The maximum Gasteiger partial charge on any atom is 0.250 e. The molecule has 0 spiro atoms. The highest BCUT2D eigenvalue weighted by Crippen LogP contribution is 2.21. The third kappa shape index (κ3) is 5.73. The number of ether oxygens (including phenoxy) is 2. The summed E-state index contributed by atoms with van der Waals surface area (Å²) in [7, 11) is 1.47. The number of halogens is 2. The molecule has 0 radical (unpaired) electrons. The fraction of sp³-hybridized carbons (Fsp3) is 0.200. The van der Waals surface area contributed by atoms with Crippen molar-refractivity contribution in [1.29, 1.82) is 0 Å². The van der Waals surface area contributed by atoms with Crippen LogP contribution >= 0.6 is 23.2 Å². The maximum atomic E-state index is 11.6. The molecule has 0 aliphatic carbocycles. The van der Waals surface area contributed by atoms with Crippen LogP contribution in [0, 0.1) is 0 Å². The molecule has 3 aromatic rings. The van der Waals surface area contributed by atoms with Crippen LogP contribution in [-0.4, -0.2) is 29.2 Å². The number of nitrogens with one attached hydrogen (secondary N) is 1. The summed E-state index contributed by atoms with van der Waals surface area (Å²) in [5, 5.41) is 3.92. The number of benzene rings is 2. The highest BCUT2D eigenvalue weighted by molar-refractivity contribution is 6.34. The van der Waals surface area contributed by atoms with Gasteiger partial charge in [-0.15, -0.1) is 0 Å². The Kier molecular flexibility index (Phi) is 6.92. The molecule has 2 aromatic carbocycles. The van der Waals surface area contributed by atoms with Gasteiger partial charge in [0.15, 0.2) is 0 Å². The van der Waals surface area contributed by atoms with E-state index in [1.54, 1.807) is 30.5 Å². The molecular formula is C20H19Cl2N3O3. The summed E-state index contributed by atoms with van der Waals surface area (Å²) in [6.45, 7) is 0.846. The summed E-state index contributed by atoms with van der Waals surface area (Å²) in [6, 6.07) is 12.6. The smallest absolute Gasteiger partial charge is 0.250 e. The predicted octanol–water partition coefficient (Wildman–Crippen LogP) is 4.40. The number of amides is 1. The van der Waals surface area contributed by atoms with Gasteiger partial charge in [-0.3, -0.25) is 4.79 Å². The molecule has 0 saturated carbocycles. The van der Waals surface area contributed by atoms with Gasteiger partial charge >= 0.3 is 0 Å². The molecule has 0 saturated heterocycles. The Hall–Kier alpha value is -2.54. The molecule has 1 N–H and O–H groups in total. The van der Waals surface area contributed by atoms with E-state index in [0.717, 1.165) is 11.4 Å². The minimum absolute atomic E-state index is 0.00393. The van der Waals surface area contributed by atoms with E-state index in [2.05, 4.69) is 10.3 Å². The first kappa shape index (κ1) is 20.2. The van der Waals surface area contributed by atoms with Gasteiger partial charge in [0.25, 0.3) is 0 Å². The summed E-state index contributed by atoms with van der Waals surface area (Å²) in [5.74, 6) is 1.15. The number of hydrogen-bond donors (Lipinski definition) is 1. The van der Waals surface area contributed by atoms with Crippen molar-refractivity contribution >= 4 is 34.8 Å². The van der Waals surface area contributed by atoms with E-state index >= 15 is 0 Å². The summed E-state index contributed by atoms with van der Waals surface area (Å²) in [6.07, 6.45) is 3.58. The van der Waals surface area contributed by atoms with E-state index in [-0.39, 0.29) is 19.1 Å². The number of carbonyl (C=O) groups excluding carboxylic acids is 1. The van der Waals surface area contributed by atoms with Gasteiger partial charge in [-0.2, -0.15) is 0 Å². The average molecular weight is 420 g/mol. The molecule has 0 aliphatic rings. The van der Waals surface area contributed by atoms with Crippen molar-refractivity contribution in [2.45, 2.75) is 13.2 Å². The zero-order valence-electron chi connectivity index (χ0n) is 15.2. The van der Waals surface area contributed by atoms with Crippen LogP contribution in [0.15, 0.2) is 54.9 Å². The third-order valence-corrected chi connectivity index (χ3v) is 4.27. The number of nitrogens with zero attached hydrogens (tertiary/aromatic N) is 2. The van der Waals surface area contributed by atoms with Crippen molar-refractivity contribution in [3.05, 3.63) is 76.3 Å². The van der Waals surface area contributed by atoms with Gasteiger partial charge in [0.1, 0.15) is 24.8 Å². The second kappa shape index (κ2) is 9.59. The number of rotatable bonds is 8. The van der Waals surface area contributed by atoms with Gasteiger partial charge < -0.3 is 19.4 Å². The van der Waals surface area contributed by atoms with Crippen molar-refractivity contribution in [2.24, 2.45) is 0 Å². The van der Waals surface area contributed by atoms with Crippen LogP contribution in [0.5, 0.6) is 5.75 Å². The van der Waals surface area contributed by atoms with Gasteiger partial charge in [0.05, 0.1) is 0 Å². The van der Waals surface area contributed by atoms with Gasteiger partial charge in [-0.1, -0.05) is 29.3 Å². The maximum absolute atomic E-state index is 11.6. The van der Waals surface area contributed by atoms with E-state index in [1.165, 1.54) is 7.11 Å². The second-order valence-electron chi connectivity index (χ2n) is 6.05. The monoisotopic (exact) mass is 419 g/mol. The van der Waals surface area contributed by atoms with Crippen LogP contribution in [0.3, 0.4) is 0 Å². The van der Waals surface area contributed by atoms with Crippen LogP contribution in [0.1, 0.15) is 11.4 Å². The quantitative estimate of drug-likeness (QED) is 0.587. The Morgan fingerprint density at radius 2 is 1.96 bits per heavy atom. The van der Waals surface area contributed by atoms with Crippen LogP contribution in [0.2, 0.25) is 10.0 Å². The normalized spacial score (nSPS) is 10.7. The fourth-order valence-electron chi connectivity index (χ4n) is 2.66. The molecule has 8 heteroatoms. The molecule has 0 fully saturated rings. The van der Waals surface area contributed by atoms with Crippen molar-refractivity contribution in [3.63, 3.8) is 0 Å². The number of hydrogen-bond acceptors (Lipinski definition) is 4. The molecule has 1 amide bonds. The minimum atomic E-state index is -0.227. The lowest BCUT2D eigenvalue weighted by molar-refractivity contribution is -0.119. The van der Waals surface area contributed by atoms with E-state index in [0.29, 0.717) is 28.0 Å². The SMILES string of the molecule is COCC(=O)Nc1cccc(OCc2nccn2Cc2cc(Cl)cc(Cl)c2)c1. The Morgan fingerprint density at radius 3 is 2.71 bits per heavy atom. The molecular weight excluding hydrogens is 401 g/mol. The molecule has 146 valence electrons. The molecule has 1 aromatic heterocycles. The van der Waals surface area contributed by atoms with Crippen molar-refractivity contribution in [2.75, 3.05) is 19.0 Å². The molecule has 1 heterocycles. The lowest BCUT2D eigenvalue weighted by Crippen LogP contribution is -2.17. The number of methoxy groups -OCH3 is 1. The van der Waals surface area contributed by atoms with Crippen LogP contribution in [-0.2, 0) is 22.7 Å². The van der Waals surface area contributed by atoms with Crippen molar-refractivity contribution in [1.82, 2.24) is 9.55 Å². The van der Waals surface area contributed by atoms with E-state index < -0.39 is 0 Å². The largest absolute Gasteiger partial charge is 0.486 e. The Bertz CT molecular complexity index is 939. The molecule has 0 bridgehead atoms. The van der Waals surface area contributed by atoms with Crippen LogP contribution < -0.4 is 10.1 Å². The first-order valence-electron chi connectivity index (χ1n) is 8.50. The summed E-state index contributed by atoms with van der Waals surface area (Å²) < 4.78 is 12.6. The van der Waals surface area contributed by atoms with Gasteiger partial charge in [0, 0.05) is 47.8 Å². The number of imidazole rings is 1. The Morgan fingerprint density at radius 1 is 1.18 bits per heavy atom. The molecule has 3 rings (SSSR count). The highest BCUT2D eigenvalue weighted by atomic mass is 35.5. The predicted molar refractivity (Wildman–Crippen MR) is 109 cm³/mol. The summed E-state index contributed by atoms with van der Waals surface area (Å²) in [5.41, 5.74) is 1.61. The molecule has 0 unspecified atom stereocenters. The van der Waals surface area contributed by atoms with E-state index in [1.807, 2.05) is 29.0 Å². The summed E-state index contributed by atoms with van der Waals surface area (Å²) >= 11 is 12.1. The number of carbonyl (C=O) groups is 1. The van der Waals surface area contributed by atoms with Crippen LogP contribution in [0.25, 0.3) is 0 Å². The fourth-order valence-corrected chi connectivity index (χ4v) is 3.23.